The molecule has 0 amide bonds. The third-order valence-corrected chi connectivity index (χ3v) is 1.64. The van der Waals surface area contributed by atoms with Gasteiger partial charge in [-0.15, -0.1) is 0 Å². The van der Waals surface area contributed by atoms with E-state index in [4.69, 9.17) is 10.5 Å². The SMILES string of the molecule is NCCCOC1CC[N]C1. The molecule has 1 aliphatic rings. The Morgan fingerprint density at radius 2 is 2.50 bits per heavy atom. The Labute approximate surface area is 61.9 Å². The number of ether oxygens (including phenoxy) is 1. The van der Waals surface area contributed by atoms with Crippen molar-refractivity contribution in [2.24, 2.45) is 5.73 Å². The standard InChI is InChI=1S/C7H15N2O/c8-3-1-5-10-7-2-4-9-6-7/h7H,1-6,8H2. The van der Waals surface area contributed by atoms with Crippen LogP contribution in [-0.4, -0.2) is 32.3 Å². The molecule has 1 rings (SSSR count). The van der Waals surface area contributed by atoms with Crippen molar-refractivity contribution in [3.05, 3.63) is 0 Å². The summed E-state index contributed by atoms with van der Waals surface area (Å²) in [5.74, 6) is 0. The Morgan fingerprint density at radius 1 is 1.60 bits per heavy atom. The largest absolute Gasteiger partial charge is 0.377 e. The van der Waals surface area contributed by atoms with Gasteiger partial charge in [0.1, 0.15) is 0 Å². The van der Waals surface area contributed by atoms with Crippen LogP contribution < -0.4 is 11.1 Å². The molecule has 0 aromatic rings. The average molecular weight is 143 g/mol. The van der Waals surface area contributed by atoms with E-state index < -0.39 is 0 Å². The zero-order valence-corrected chi connectivity index (χ0v) is 6.25. The van der Waals surface area contributed by atoms with Gasteiger partial charge in [-0.2, -0.15) is 0 Å². The van der Waals surface area contributed by atoms with Gasteiger partial charge in [-0.1, -0.05) is 0 Å². The maximum atomic E-state index is 5.47. The summed E-state index contributed by atoms with van der Waals surface area (Å²) in [7, 11) is 0. The van der Waals surface area contributed by atoms with Crippen molar-refractivity contribution < 1.29 is 4.74 Å². The predicted molar refractivity (Wildman–Crippen MR) is 39.9 cm³/mol. The number of rotatable bonds is 4. The van der Waals surface area contributed by atoms with Crippen LogP contribution >= 0.6 is 0 Å². The normalized spacial score (nSPS) is 25.5. The van der Waals surface area contributed by atoms with Crippen molar-refractivity contribution in [3.63, 3.8) is 0 Å². The highest BCUT2D eigenvalue weighted by molar-refractivity contribution is 4.70. The molecule has 1 unspecified atom stereocenters. The van der Waals surface area contributed by atoms with E-state index in [0.29, 0.717) is 6.10 Å². The molecule has 0 bridgehead atoms. The molecule has 3 heteroatoms. The molecule has 1 fully saturated rings. The number of nitrogens with zero attached hydrogens (tertiary/aromatic N) is 1. The second-order valence-electron chi connectivity index (χ2n) is 2.55. The van der Waals surface area contributed by atoms with Crippen molar-refractivity contribution >= 4 is 0 Å². The Kier molecular flexibility index (Phi) is 3.72. The molecule has 1 aliphatic heterocycles. The van der Waals surface area contributed by atoms with Crippen LogP contribution in [0.25, 0.3) is 0 Å². The molecule has 1 saturated heterocycles. The van der Waals surface area contributed by atoms with E-state index in [-0.39, 0.29) is 0 Å². The molecule has 1 radical (unpaired) electrons. The van der Waals surface area contributed by atoms with Crippen molar-refractivity contribution in [2.75, 3.05) is 26.2 Å². The van der Waals surface area contributed by atoms with Crippen molar-refractivity contribution in [1.82, 2.24) is 5.32 Å². The minimum atomic E-state index is 0.395. The smallest absolute Gasteiger partial charge is 0.0728 e. The fourth-order valence-corrected chi connectivity index (χ4v) is 1.03. The monoisotopic (exact) mass is 143 g/mol. The van der Waals surface area contributed by atoms with Gasteiger partial charge in [-0.25, -0.2) is 5.32 Å². The summed E-state index contributed by atoms with van der Waals surface area (Å²) in [6.07, 6.45) is 2.47. The Bertz CT molecular complexity index is 81.7. The maximum absolute atomic E-state index is 5.47. The molecule has 3 nitrogen and oxygen atoms in total. The van der Waals surface area contributed by atoms with Gasteiger partial charge in [0, 0.05) is 19.7 Å². The van der Waals surface area contributed by atoms with Gasteiger partial charge in [0.25, 0.3) is 0 Å². The lowest BCUT2D eigenvalue weighted by Gasteiger charge is -2.08. The highest BCUT2D eigenvalue weighted by Gasteiger charge is 2.14. The molecule has 0 aromatic carbocycles. The van der Waals surface area contributed by atoms with E-state index in [0.717, 1.165) is 39.1 Å². The Hall–Kier alpha value is -0.120. The van der Waals surface area contributed by atoms with Crippen LogP contribution in [0, 0.1) is 0 Å². The van der Waals surface area contributed by atoms with E-state index in [2.05, 4.69) is 5.32 Å². The molecule has 0 aliphatic carbocycles. The first-order chi connectivity index (χ1) is 4.93. The van der Waals surface area contributed by atoms with Crippen LogP contribution in [-0.2, 0) is 4.74 Å². The summed E-state index contributed by atoms with van der Waals surface area (Å²) < 4.78 is 5.47. The molecule has 0 spiro atoms. The lowest BCUT2D eigenvalue weighted by molar-refractivity contribution is 0.0663. The summed E-state index contributed by atoms with van der Waals surface area (Å²) in [5, 5.41) is 4.19. The van der Waals surface area contributed by atoms with E-state index in [9.17, 15) is 0 Å². The van der Waals surface area contributed by atoms with E-state index in [1.54, 1.807) is 0 Å². The van der Waals surface area contributed by atoms with E-state index in [1.165, 1.54) is 0 Å². The topological polar surface area (TPSA) is 49.4 Å². The second kappa shape index (κ2) is 4.66. The third kappa shape index (κ3) is 2.64. The summed E-state index contributed by atoms with van der Waals surface area (Å²) in [5.41, 5.74) is 5.31. The molecule has 0 aromatic heterocycles. The number of nitrogens with two attached hydrogens (primary N) is 1. The third-order valence-electron chi connectivity index (χ3n) is 1.64. The maximum Gasteiger partial charge on any atom is 0.0728 e. The number of hydrogen-bond acceptors (Lipinski definition) is 2. The van der Waals surface area contributed by atoms with Gasteiger partial charge in [-0.3, -0.25) is 0 Å². The lowest BCUT2D eigenvalue weighted by Crippen LogP contribution is -2.16. The number of hydrogen-bond donors (Lipinski definition) is 1. The van der Waals surface area contributed by atoms with Crippen molar-refractivity contribution in [2.45, 2.75) is 18.9 Å². The van der Waals surface area contributed by atoms with Gasteiger partial charge in [0.2, 0.25) is 0 Å². The fourth-order valence-electron chi connectivity index (χ4n) is 1.03. The van der Waals surface area contributed by atoms with Crippen LogP contribution in [0.1, 0.15) is 12.8 Å². The predicted octanol–water partition coefficient (Wildman–Crippen LogP) is -0.271. The van der Waals surface area contributed by atoms with Crippen LogP contribution in [0.2, 0.25) is 0 Å². The molecule has 10 heavy (non-hydrogen) atoms. The highest BCUT2D eigenvalue weighted by Crippen LogP contribution is 2.03. The molecule has 2 N–H and O–H groups in total. The van der Waals surface area contributed by atoms with Crippen LogP contribution in [0.3, 0.4) is 0 Å². The van der Waals surface area contributed by atoms with E-state index in [1.807, 2.05) is 0 Å². The van der Waals surface area contributed by atoms with Gasteiger partial charge >= 0.3 is 0 Å². The Morgan fingerprint density at radius 3 is 3.10 bits per heavy atom. The van der Waals surface area contributed by atoms with E-state index >= 15 is 0 Å². The molecular formula is C7H15N2O. The summed E-state index contributed by atoms with van der Waals surface area (Å²) in [6, 6.07) is 0. The fraction of sp³-hybridized carbons (Fsp3) is 1.00. The zero-order chi connectivity index (χ0) is 7.23. The van der Waals surface area contributed by atoms with Gasteiger partial charge in [0.05, 0.1) is 6.10 Å². The molecule has 59 valence electrons. The minimum absolute atomic E-state index is 0.395. The average Bonchev–Trinajstić information content (AvgIpc) is 2.41. The highest BCUT2D eigenvalue weighted by atomic mass is 16.5. The Balaban J connectivity index is 1.91. The van der Waals surface area contributed by atoms with Crippen LogP contribution in [0.5, 0.6) is 0 Å². The van der Waals surface area contributed by atoms with Gasteiger partial charge in [0.15, 0.2) is 0 Å². The van der Waals surface area contributed by atoms with Crippen molar-refractivity contribution in [3.8, 4) is 0 Å². The first-order valence-electron chi connectivity index (χ1n) is 3.88. The summed E-state index contributed by atoms with van der Waals surface area (Å²) in [6.45, 7) is 3.40. The molecule has 1 atom stereocenters. The quantitative estimate of drug-likeness (QED) is 0.551. The van der Waals surface area contributed by atoms with Crippen LogP contribution in [0.4, 0.5) is 0 Å². The lowest BCUT2D eigenvalue weighted by atomic mass is 10.3. The van der Waals surface area contributed by atoms with Crippen molar-refractivity contribution in [1.29, 1.82) is 0 Å². The van der Waals surface area contributed by atoms with Gasteiger partial charge < -0.3 is 10.5 Å². The minimum Gasteiger partial charge on any atom is -0.377 e. The molecule has 1 heterocycles. The first-order valence-corrected chi connectivity index (χ1v) is 3.88. The van der Waals surface area contributed by atoms with Crippen LogP contribution in [0.15, 0.2) is 0 Å². The zero-order valence-electron chi connectivity index (χ0n) is 6.25. The molecule has 0 saturated carbocycles. The molecular weight excluding hydrogens is 128 g/mol. The van der Waals surface area contributed by atoms with Gasteiger partial charge in [-0.05, 0) is 19.4 Å². The second-order valence-corrected chi connectivity index (χ2v) is 2.55. The summed E-state index contributed by atoms with van der Waals surface area (Å²) >= 11 is 0. The summed E-state index contributed by atoms with van der Waals surface area (Å²) in [4.78, 5) is 0. The first kappa shape index (κ1) is 7.98.